The number of halogens is 1. The number of nitrogens with one attached hydrogen (secondary N) is 1. The molecule has 0 bridgehead atoms. The van der Waals surface area contributed by atoms with E-state index in [1.54, 1.807) is 4.68 Å². The van der Waals surface area contributed by atoms with Crippen molar-refractivity contribution in [2.24, 2.45) is 7.05 Å². The van der Waals surface area contributed by atoms with Gasteiger partial charge in [-0.15, -0.1) is 0 Å². The first-order chi connectivity index (χ1) is 6.93. The summed E-state index contributed by atoms with van der Waals surface area (Å²) >= 11 is 3.19. The van der Waals surface area contributed by atoms with Crippen molar-refractivity contribution in [3.05, 3.63) is 28.0 Å². The van der Waals surface area contributed by atoms with E-state index in [4.69, 9.17) is 0 Å². The van der Waals surface area contributed by atoms with Gasteiger partial charge in [0.2, 0.25) is 0 Å². The minimum Gasteiger partial charge on any atom is -0.347 e. The molecule has 1 amide bonds. The Labute approximate surface area is 97.5 Å². The molecule has 5 heteroatoms. The Bertz CT molecular complexity index is 409. The number of aryl methyl sites for hydroxylation is 2. The van der Waals surface area contributed by atoms with Crippen LogP contribution in [0.1, 0.15) is 21.7 Å². The Morgan fingerprint density at radius 3 is 2.60 bits per heavy atom. The van der Waals surface area contributed by atoms with Crippen molar-refractivity contribution >= 4 is 21.8 Å². The Balaban J connectivity index is 2.86. The van der Waals surface area contributed by atoms with Gasteiger partial charge >= 0.3 is 0 Å². The van der Waals surface area contributed by atoms with Crippen LogP contribution in [0.3, 0.4) is 0 Å². The SMILES string of the molecule is C=C(Br)CNC(=O)c1c(C)nn(C)c1C. The zero-order valence-corrected chi connectivity index (χ0v) is 10.7. The molecule has 82 valence electrons. The molecule has 1 aromatic heterocycles. The van der Waals surface area contributed by atoms with Crippen LogP contribution < -0.4 is 5.32 Å². The lowest BCUT2D eigenvalue weighted by molar-refractivity contribution is 0.0956. The standard InChI is InChI=1S/C10H14BrN3O/c1-6(11)5-12-10(15)9-7(2)13-14(4)8(9)3/h1,5H2,2-4H3,(H,12,15). The van der Waals surface area contributed by atoms with Gasteiger partial charge in [0.15, 0.2) is 0 Å². The van der Waals surface area contributed by atoms with Gasteiger partial charge in [0.1, 0.15) is 0 Å². The Morgan fingerprint density at radius 2 is 2.20 bits per heavy atom. The van der Waals surface area contributed by atoms with E-state index < -0.39 is 0 Å². The van der Waals surface area contributed by atoms with E-state index in [2.05, 4.69) is 32.9 Å². The zero-order valence-electron chi connectivity index (χ0n) is 9.09. The molecule has 0 aliphatic rings. The molecule has 0 fully saturated rings. The maximum Gasteiger partial charge on any atom is 0.255 e. The Hall–Kier alpha value is -1.10. The molecule has 0 saturated carbocycles. The Kier molecular flexibility index (Phi) is 3.68. The van der Waals surface area contributed by atoms with E-state index >= 15 is 0 Å². The van der Waals surface area contributed by atoms with Crippen molar-refractivity contribution in [1.29, 1.82) is 0 Å². The molecule has 0 aromatic carbocycles. The third kappa shape index (κ3) is 2.68. The summed E-state index contributed by atoms with van der Waals surface area (Å²) in [6.07, 6.45) is 0. The highest BCUT2D eigenvalue weighted by atomic mass is 79.9. The normalized spacial score (nSPS) is 10.1. The second kappa shape index (κ2) is 4.61. The average molecular weight is 272 g/mol. The summed E-state index contributed by atoms with van der Waals surface area (Å²) in [6.45, 7) is 7.77. The quantitative estimate of drug-likeness (QED) is 0.909. The number of carbonyl (C=O) groups excluding carboxylic acids is 1. The highest BCUT2D eigenvalue weighted by Gasteiger charge is 2.16. The van der Waals surface area contributed by atoms with E-state index in [9.17, 15) is 4.79 Å². The highest BCUT2D eigenvalue weighted by Crippen LogP contribution is 2.11. The first-order valence-corrected chi connectivity index (χ1v) is 5.34. The minimum atomic E-state index is -0.112. The fourth-order valence-corrected chi connectivity index (χ4v) is 1.51. The monoisotopic (exact) mass is 271 g/mol. The van der Waals surface area contributed by atoms with E-state index in [0.717, 1.165) is 15.9 Å². The molecule has 0 aliphatic carbocycles. The Morgan fingerprint density at radius 1 is 1.60 bits per heavy atom. The van der Waals surface area contributed by atoms with Gasteiger partial charge in [0, 0.05) is 23.8 Å². The number of aromatic nitrogens is 2. The number of rotatable bonds is 3. The summed E-state index contributed by atoms with van der Waals surface area (Å²) in [7, 11) is 1.82. The lowest BCUT2D eigenvalue weighted by Gasteiger charge is -2.04. The molecular formula is C10H14BrN3O. The minimum absolute atomic E-state index is 0.112. The van der Waals surface area contributed by atoms with Crippen LogP contribution >= 0.6 is 15.9 Å². The lowest BCUT2D eigenvalue weighted by Crippen LogP contribution is -2.25. The fraction of sp³-hybridized carbons (Fsp3) is 0.400. The van der Waals surface area contributed by atoms with Gasteiger partial charge in [0.05, 0.1) is 11.3 Å². The van der Waals surface area contributed by atoms with Gasteiger partial charge in [-0.2, -0.15) is 5.10 Å². The predicted octanol–water partition coefficient (Wildman–Crippen LogP) is 1.68. The summed E-state index contributed by atoms with van der Waals surface area (Å²) in [5, 5.41) is 6.94. The van der Waals surface area contributed by atoms with Crippen LogP contribution in [-0.2, 0) is 7.05 Å². The van der Waals surface area contributed by atoms with Crippen LogP contribution in [0.15, 0.2) is 11.1 Å². The third-order valence-electron chi connectivity index (χ3n) is 2.18. The fourth-order valence-electron chi connectivity index (χ4n) is 1.37. The molecule has 0 aliphatic heterocycles. The van der Waals surface area contributed by atoms with Crippen LogP contribution in [0.4, 0.5) is 0 Å². The largest absolute Gasteiger partial charge is 0.347 e. The summed E-state index contributed by atoms with van der Waals surface area (Å²) in [5.74, 6) is -0.112. The molecule has 1 rings (SSSR count). The molecule has 15 heavy (non-hydrogen) atoms. The zero-order chi connectivity index (χ0) is 11.6. The molecule has 0 unspecified atom stereocenters. The lowest BCUT2D eigenvalue weighted by atomic mass is 10.2. The van der Waals surface area contributed by atoms with E-state index in [1.807, 2.05) is 20.9 Å². The van der Waals surface area contributed by atoms with Gasteiger partial charge in [-0.25, -0.2) is 0 Å². The van der Waals surface area contributed by atoms with Crippen LogP contribution in [0, 0.1) is 13.8 Å². The van der Waals surface area contributed by atoms with E-state index in [1.165, 1.54) is 0 Å². The maximum absolute atomic E-state index is 11.8. The molecular weight excluding hydrogens is 258 g/mol. The van der Waals surface area contributed by atoms with Crippen LogP contribution in [-0.4, -0.2) is 22.2 Å². The molecule has 1 heterocycles. The number of hydrogen-bond donors (Lipinski definition) is 1. The van der Waals surface area contributed by atoms with Crippen molar-refractivity contribution in [3.8, 4) is 0 Å². The highest BCUT2D eigenvalue weighted by molar-refractivity contribution is 9.11. The second-order valence-corrected chi connectivity index (χ2v) is 4.49. The molecule has 0 radical (unpaired) electrons. The van der Waals surface area contributed by atoms with Crippen LogP contribution in [0.25, 0.3) is 0 Å². The molecule has 0 atom stereocenters. The first-order valence-electron chi connectivity index (χ1n) is 4.55. The average Bonchev–Trinajstić information content (AvgIpc) is 2.37. The summed E-state index contributed by atoms with van der Waals surface area (Å²) in [5.41, 5.74) is 2.25. The second-order valence-electron chi connectivity index (χ2n) is 3.37. The number of nitrogens with zero attached hydrogens (tertiary/aromatic N) is 2. The molecule has 0 spiro atoms. The van der Waals surface area contributed by atoms with Crippen LogP contribution in [0.2, 0.25) is 0 Å². The van der Waals surface area contributed by atoms with E-state index in [-0.39, 0.29) is 5.91 Å². The van der Waals surface area contributed by atoms with Gasteiger partial charge < -0.3 is 5.32 Å². The summed E-state index contributed by atoms with van der Waals surface area (Å²) in [4.78, 5) is 11.8. The van der Waals surface area contributed by atoms with Crippen molar-refractivity contribution in [1.82, 2.24) is 15.1 Å². The van der Waals surface area contributed by atoms with Gasteiger partial charge in [-0.05, 0) is 13.8 Å². The number of carbonyl (C=O) groups is 1. The van der Waals surface area contributed by atoms with Crippen molar-refractivity contribution in [2.75, 3.05) is 6.54 Å². The third-order valence-corrected chi connectivity index (χ3v) is 2.46. The van der Waals surface area contributed by atoms with Gasteiger partial charge in [-0.3, -0.25) is 9.48 Å². The van der Waals surface area contributed by atoms with Crippen molar-refractivity contribution < 1.29 is 4.79 Å². The first kappa shape index (κ1) is 12.0. The van der Waals surface area contributed by atoms with Crippen molar-refractivity contribution in [3.63, 3.8) is 0 Å². The summed E-state index contributed by atoms with van der Waals surface area (Å²) < 4.78 is 2.45. The number of hydrogen-bond acceptors (Lipinski definition) is 2. The molecule has 0 saturated heterocycles. The predicted molar refractivity (Wildman–Crippen MR) is 63.1 cm³/mol. The smallest absolute Gasteiger partial charge is 0.255 e. The van der Waals surface area contributed by atoms with Crippen LogP contribution in [0.5, 0.6) is 0 Å². The van der Waals surface area contributed by atoms with Gasteiger partial charge in [0.25, 0.3) is 5.91 Å². The number of amides is 1. The topological polar surface area (TPSA) is 46.9 Å². The van der Waals surface area contributed by atoms with Gasteiger partial charge in [-0.1, -0.05) is 22.5 Å². The maximum atomic E-state index is 11.8. The van der Waals surface area contributed by atoms with Crippen molar-refractivity contribution in [2.45, 2.75) is 13.8 Å². The molecule has 1 N–H and O–H groups in total. The summed E-state index contributed by atoms with van der Waals surface area (Å²) in [6, 6.07) is 0. The molecule has 1 aromatic rings. The molecule has 4 nitrogen and oxygen atoms in total. The van der Waals surface area contributed by atoms with E-state index in [0.29, 0.717) is 12.1 Å².